The van der Waals surface area contributed by atoms with E-state index in [-0.39, 0.29) is 43.1 Å². The minimum atomic E-state index is -2.93. The molecule has 1 aliphatic heterocycles. The average molecular weight is 563 g/mol. The van der Waals surface area contributed by atoms with Crippen LogP contribution < -0.4 is 24.8 Å². The molecule has 2 N–H and O–H groups in total. The number of alkyl halides is 2. The summed E-state index contributed by atoms with van der Waals surface area (Å²) in [6, 6.07) is 13.2. The number of aliphatic imine (C=N–C) groups is 1. The SMILES string of the molecule is CN=C(NCCCOCCc1ccccc1)NCc1cc2c(cc1OC(F)F)OCO2.I. The molecule has 10 heteroatoms. The van der Waals surface area contributed by atoms with Crippen molar-refractivity contribution < 1.29 is 27.7 Å². The number of rotatable bonds is 11. The van der Waals surface area contributed by atoms with Crippen LogP contribution in [0.25, 0.3) is 0 Å². The third kappa shape index (κ3) is 8.30. The molecule has 0 bridgehead atoms. The molecule has 0 unspecified atom stereocenters. The second-order valence-electron chi connectivity index (χ2n) is 6.75. The molecule has 7 nitrogen and oxygen atoms in total. The lowest BCUT2D eigenvalue weighted by Crippen LogP contribution is -2.37. The fourth-order valence-electron chi connectivity index (χ4n) is 3.03. The normalized spacial score (nSPS) is 12.4. The molecule has 3 rings (SSSR count). The molecule has 0 spiro atoms. The average Bonchev–Trinajstić information content (AvgIpc) is 3.22. The molecule has 0 aliphatic carbocycles. The van der Waals surface area contributed by atoms with Crippen LogP contribution in [-0.2, 0) is 17.7 Å². The van der Waals surface area contributed by atoms with Gasteiger partial charge in [-0.05, 0) is 24.5 Å². The largest absolute Gasteiger partial charge is 0.454 e. The molecule has 2 aromatic rings. The van der Waals surface area contributed by atoms with Gasteiger partial charge in [-0.15, -0.1) is 24.0 Å². The molecule has 0 atom stereocenters. The Morgan fingerprint density at radius 1 is 1.09 bits per heavy atom. The first-order valence-electron chi connectivity index (χ1n) is 10.1. The fraction of sp³-hybridized carbons (Fsp3) is 0.409. The van der Waals surface area contributed by atoms with E-state index in [0.29, 0.717) is 42.8 Å². The van der Waals surface area contributed by atoms with Gasteiger partial charge in [-0.2, -0.15) is 8.78 Å². The minimum Gasteiger partial charge on any atom is -0.454 e. The third-order valence-corrected chi connectivity index (χ3v) is 4.58. The van der Waals surface area contributed by atoms with E-state index in [0.717, 1.165) is 12.8 Å². The maximum Gasteiger partial charge on any atom is 0.387 e. The first-order chi connectivity index (χ1) is 15.2. The molecule has 0 fully saturated rings. The number of halogens is 3. The van der Waals surface area contributed by atoms with Crippen molar-refractivity contribution in [2.45, 2.75) is 26.0 Å². The Morgan fingerprint density at radius 3 is 2.56 bits per heavy atom. The van der Waals surface area contributed by atoms with E-state index in [9.17, 15) is 8.78 Å². The molecule has 0 saturated carbocycles. The standard InChI is InChI=1S/C22H27F2N3O4.HI/c1-25-22(26-9-5-10-28-11-8-16-6-3-2-4-7-16)27-14-17-12-19-20(30-15-29-19)13-18(17)31-21(23)24;/h2-4,6-7,12-13,21H,5,8-11,14-15H2,1H3,(H2,25,26,27);1H. The highest BCUT2D eigenvalue weighted by Crippen LogP contribution is 2.38. The van der Waals surface area contributed by atoms with Crippen LogP contribution in [0.15, 0.2) is 47.5 Å². The predicted molar refractivity (Wildman–Crippen MR) is 128 cm³/mol. The first kappa shape index (κ1) is 25.9. The zero-order valence-electron chi connectivity index (χ0n) is 17.8. The maximum absolute atomic E-state index is 12.7. The number of guanidine groups is 1. The first-order valence-corrected chi connectivity index (χ1v) is 10.1. The van der Waals surface area contributed by atoms with E-state index < -0.39 is 6.61 Å². The van der Waals surface area contributed by atoms with E-state index in [1.54, 1.807) is 13.1 Å². The lowest BCUT2D eigenvalue weighted by atomic mass is 10.1. The molecule has 0 saturated heterocycles. The van der Waals surface area contributed by atoms with Crippen molar-refractivity contribution in [3.05, 3.63) is 53.6 Å². The topological polar surface area (TPSA) is 73.3 Å². The van der Waals surface area contributed by atoms with Gasteiger partial charge in [0, 0.05) is 38.4 Å². The van der Waals surface area contributed by atoms with E-state index in [1.807, 2.05) is 18.2 Å². The number of hydrogen-bond acceptors (Lipinski definition) is 5. The van der Waals surface area contributed by atoms with Crippen LogP contribution in [0, 0.1) is 0 Å². The Kier molecular flexibility index (Phi) is 11.3. The molecule has 2 aromatic carbocycles. The van der Waals surface area contributed by atoms with Gasteiger partial charge in [0.25, 0.3) is 0 Å². The van der Waals surface area contributed by atoms with Crippen molar-refractivity contribution in [3.63, 3.8) is 0 Å². The van der Waals surface area contributed by atoms with Gasteiger partial charge in [0.1, 0.15) is 5.75 Å². The van der Waals surface area contributed by atoms with Crippen molar-refractivity contribution in [3.8, 4) is 17.2 Å². The molecule has 176 valence electrons. The zero-order chi connectivity index (χ0) is 21.9. The summed E-state index contributed by atoms with van der Waals surface area (Å²) in [5, 5.41) is 6.27. The highest BCUT2D eigenvalue weighted by Gasteiger charge is 2.20. The van der Waals surface area contributed by atoms with Crippen molar-refractivity contribution >= 4 is 29.9 Å². The van der Waals surface area contributed by atoms with Gasteiger partial charge < -0.3 is 29.6 Å². The van der Waals surface area contributed by atoms with E-state index in [1.165, 1.54) is 11.6 Å². The summed E-state index contributed by atoms with van der Waals surface area (Å²) in [4.78, 5) is 4.15. The molecular formula is C22H28F2IN3O4. The van der Waals surface area contributed by atoms with Crippen LogP contribution in [0.3, 0.4) is 0 Å². The number of hydrogen-bond donors (Lipinski definition) is 2. The smallest absolute Gasteiger partial charge is 0.387 e. The van der Waals surface area contributed by atoms with Crippen molar-refractivity contribution in [1.29, 1.82) is 0 Å². The highest BCUT2D eigenvalue weighted by atomic mass is 127. The Hall–Kier alpha value is -2.34. The highest BCUT2D eigenvalue weighted by molar-refractivity contribution is 14.0. The van der Waals surface area contributed by atoms with Crippen LogP contribution in [0.1, 0.15) is 17.5 Å². The summed E-state index contributed by atoms with van der Waals surface area (Å²) < 4.78 is 46.3. The van der Waals surface area contributed by atoms with Gasteiger partial charge in [-0.1, -0.05) is 30.3 Å². The minimum absolute atomic E-state index is 0. The van der Waals surface area contributed by atoms with Crippen LogP contribution >= 0.6 is 24.0 Å². The monoisotopic (exact) mass is 563 g/mol. The van der Waals surface area contributed by atoms with Crippen molar-refractivity contribution in [2.24, 2.45) is 4.99 Å². The zero-order valence-corrected chi connectivity index (χ0v) is 20.1. The molecule has 32 heavy (non-hydrogen) atoms. The maximum atomic E-state index is 12.7. The molecular weight excluding hydrogens is 535 g/mol. The molecule has 0 radical (unpaired) electrons. The Morgan fingerprint density at radius 2 is 1.84 bits per heavy atom. The summed E-state index contributed by atoms with van der Waals surface area (Å²) in [5.74, 6) is 1.46. The number of ether oxygens (including phenoxy) is 4. The third-order valence-electron chi connectivity index (χ3n) is 4.58. The van der Waals surface area contributed by atoms with E-state index in [2.05, 4.69) is 32.5 Å². The summed E-state index contributed by atoms with van der Waals surface area (Å²) in [5.41, 5.74) is 1.76. The lowest BCUT2D eigenvalue weighted by molar-refractivity contribution is -0.0505. The van der Waals surface area contributed by atoms with Crippen LogP contribution in [0.2, 0.25) is 0 Å². The molecule has 1 aliphatic rings. The summed E-state index contributed by atoms with van der Waals surface area (Å²) in [7, 11) is 1.64. The molecule has 0 amide bonds. The van der Waals surface area contributed by atoms with Gasteiger partial charge in [0.2, 0.25) is 6.79 Å². The molecule has 0 aromatic heterocycles. The summed E-state index contributed by atoms with van der Waals surface area (Å²) >= 11 is 0. The summed E-state index contributed by atoms with van der Waals surface area (Å²) in [6.07, 6.45) is 1.69. The number of fused-ring (bicyclic) bond motifs is 1. The molecule has 1 heterocycles. The predicted octanol–water partition coefficient (Wildman–Crippen LogP) is 3.95. The van der Waals surface area contributed by atoms with E-state index >= 15 is 0 Å². The van der Waals surface area contributed by atoms with Crippen LogP contribution in [-0.4, -0.2) is 46.2 Å². The second-order valence-corrected chi connectivity index (χ2v) is 6.75. The van der Waals surface area contributed by atoms with E-state index in [4.69, 9.17) is 14.2 Å². The number of benzene rings is 2. The van der Waals surface area contributed by atoms with Crippen molar-refractivity contribution in [2.75, 3.05) is 33.6 Å². The van der Waals surface area contributed by atoms with Gasteiger partial charge >= 0.3 is 6.61 Å². The van der Waals surface area contributed by atoms with Crippen LogP contribution in [0.4, 0.5) is 8.78 Å². The Labute approximate surface area is 203 Å². The Bertz CT molecular complexity index is 857. The second kappa shape index (κ2) is 13.9. The van der Waals surface area contributed by atoms with Crippen molar-refractivity contribution in [1.82, 2.24) is 10.6 Å². The quantitative estimate of drug-likeness (QED) is 0.187. The van der Waals surface area contributed by atoms with Gasteiger partial charge in [-0.25, -0.2) is 0 Å². The van der Waals surface area contributed by atoms with Gasteiger partial charge in [0.05, 0.1) is 6.61 Å². The fourth-order valence-corrected chi connectivity index (χ4v) is 3.03. The summed E-state index contributed by atoms with van der Waals surface area (Å²) in [6.45, 7) is -0.687. The van der Waals surface area contributed by atoms with Gasteiger partial charge in [0.15, 0.2) is 17.5 Å². The lowest BCUT2D eigenvalue weighted by Gasteiger charge is -2.15. The number of nitrogens with zero attached hydrogens (tertiary/aromatic N) is 1. The Balaban J connectivity index is 0.00000363. The van der Waals surface area contributed by atoms with Crippen LogP contribution in [0.5, 0.6) is 17.2 Å². The number of nitrogens with one attached hydrogen (secondary N) is 2. The van der Waals surface area contributed by atoms with Gasteiger partial charge in [-0.3, -0.25) is 4.99 Å².